The van der Waals surface area contributed by atoms with Crippen molar-refractivity contribution in [2.24, 2.45) is 0 Å². The van der Waals surface area contributed by atoms with Crippen molar-refractivity contribution in [1.29, 1.82) is 0 Å². The number of amides is 2. The average molecular weight is 387 g/mol. The van der Waals surface area contributed by atoms with Crippen LogP contribution < -0.4 is 10.2 Å². The molecular formula is C20H22FN3O2S. The standard InChI is InChI=1S/C20H22FN3O2S/c1-14(25)24(18-10-6-5-9-17(18)21)20-23-16(13-27-20)11-12-19(26)22-15-7-3-2-4-8-15/h5-6,9-13,15H,2-4,7-8H2,1H3,(H,22,26)/b12-11+. The number of nitrogens with zero attached hydrogens (tertiary/aromatic N) is 2. The third-order valence-corrected chi connectivity index (χ3v) is 5.31. The number of anilines is 2. The Hall–Kier alpha value is -2.54. The monoisotopic (exact) mass is 387 g/mol. The number of hydrogen-bond donors (Lipinski definition) is 1. The molecule has 1 aliphatic carbocycles. The largest absolute Gasteiger partial charge is 0.350 e. The second-order valence-corrected chi connectivity index (χ2v) is 7.37. The lowest BCUT2D eigenvalue weighted by atomic mass is 9.95. The summed E-state index contributed by atoms with van der Waals surface area (Å²) in [4.78, 5) is 29.7. The SMILES string of the molecule is CC(=O)N(c1nc(/C=C/C(=O)NC2CCCCC2)cs1)c1ccccc1F. The minimum Gasteiger partial charge on any atom is -0.350 e. The molecule has 0 unspecified atom stereocenters. The van der Waals surface area contributed by atoms with Gasteiger partial charge in [0.25, 0.3) is 0 Å². The van der Waals surface area contributed by atoms with Gasteiger partial charge in [-0.15, -0.1) is 11.3 Å². The van der Waals surface area contributed by atoms with E-state index in [4.69, 9.17) is 0 Å². The number of aromatic nitrogens is 1. The highest BCUT2D eigenvalue weighted by molar-refractivity contribution is 7.14. The lowest BCUT2D eigenvalue weighted by Crippen LogP contribution is -2.34. The molecule has 2 amide bonds. The number of nitrogens with one attached hydrogen (secondary N) is 1. The lowest BCUT2D eigenvalue weighted by molar-refractivity contribution is -0.117. The van der Waals surface area contributed by atoms with Crippen LogP contribution in [-0.2, 0) is 9.59 Å². The Morgan fingerprint density at radius 2 is 2.00 bits per heavy atom. The summed E-state index contributed by atoms with van der Waals surface area (Å²) >= 11 is 1.22. The molecule has 1 saturated carbocycles. The van der Waals surface area contributed by atoms with Gasteiger partial charge < -0.3 is 5.32 Å². The molecule has 0 radical (unpaired) electrons. The minimum absolute atomic E-state index is 0.144. The molecule has 0 atom stereocenters. The highest BCUT2D eigenvalue weighted by Gasteiger charge is 2.20. The average Bonchev–Trinajstić information content (AvgIpc) is 3.11. The van der Waals surface area contributed by atoms with E-state index in [1.165, 1.54) is 47.8 Å². The van der Waals surface area contributed by atoms with Gasteiger partial charge in [-0.3, -0.25) is 14.5 Å². The number of hydrogen-bond acceptors (Lipinski definition) is 4. The molecule has 0 saturated heterocycles. The summed E-state index contributed by atoms with van der Waals surface area (Å²) in [6.45, 7) is 1.36. The highest BCUT2D eigenvalue weighted by Crippen LogP contribution is 2.31. The van der Waals surface area contributed by atoms with Gasteiger partial charge in [-0.05, 0) is 31.1 Å². The predicted molar refractivity (Wildman–Crippen MR) is 105 cm³/mol. The van der Waals surface area contributed by atoms with Gasteiger partial charge in [-0.2, -0.15) is 0 Å². The van der Waals surface area contributed by atoms with Crippen LogP contribution in [0.2, 0.25) is 0 Å². The summed E-state index contributed by atoms with van der Waals surface area (Å²) < 4.78 is 14.1. The normalized spacial score (nSPS) is 15.0. The zero-order chi connectivity index (χ0) is 19.2. The second-order valence-electron chi connectivity index (χ2n) is 6.54. The fraction of sp³-hybridized carbons (Fsp3) is 0.350. The van der Waals surface area contributed by atoms with Crippen molar-refractivity contribution in [1.82, 2.24) is 10.3 Å². The van der Waals surface area contributed by atoms with Crippen LogP contribution in [0.15, 0.2) is 35.7 Å². The van der Waals surface area contributed by atoms with Crippen molar-refractivity contribution >= 4 is 40.0 Å². The Balaban J connectivity index is 1.70. The molecule has 0 aliphatic heterocycles. The van der Waals surface area contributed by atoms with Crippen molar-refractivity contribution in [3.8, 4) is 0 Å². The van der Waals surface area contributed by atoms with Crippen LogP contribution in [0.3, 0.4) is 0 Å². The van der Waals surface area contributed by atoms with E-state index in [0.29, 0.717) is 10.8 Å². The molecule has 0 spiro atoms. The van der Waals surface area contributed by atoms with E-state index in [9.17, 15) is 14.0 Å². The van der Waals surface area contributed by atoms with Gasteiger partial charge in [0, 0.05) is 24.4 Å². The number of halogens is 1. The van der Waals surface area contributed by atoms with E-state index in [-0.39, 0.29) is 23.5 Å². The topological polar surface area (TPSA) is 62.3 Å². The minimum atomic E-state index is -0.494. The summed E-state index contributed by atoms with van der Waals surface area (Å²) in [5.74, 6) is -0.971. The molecule has 1 aliphatic rings. The Bertz CT molecular complexity index is 843. The van der Waals surface area contributed by atoms with Gasteiger partial charge in [-0.25, -0.2) is 9.37 Å². The third kappa shape index (κ3) is 5.01. The van der Waals surface area contributed by atoms with Gasteiger partial charge in [-0.1, -0.05) is 31.4 Å². The van der Waals surface area contributed by atoms with Gasteiger partial charge in [0.2, 0.25) is 11.8 Å². The first-order valence-electron chi connectivity index (χ1n) is 9.04. The third-order valence-electron chi connectivity index (χ3n) is 4.47. The first kappa shape index (κ1) is 19.2. The molecule has 0 bridgehead atoms. The van der Waals surface area contributed by atoms with E-state index in [1.54, 1.807) is 23.6 Å². The zero-order valence-electron chi connectivity index (χ0n) is 15.2. The van der Waals surface area contributed by atoms with Crippen molar-refractivity contribution in [2.45, 2.75) is 45.1 Å². The Kier molecular flexibility index (Phi) is 6.34. The molecule has 1 aromatic carbocycles. The molecule has 1 N–H and O–H groups in total. The van der Waals surface area contributed by atoms with Gasteiger partial charge in [0.1, 0.15) is 5.82 Å². The van der Waals surface area contributed by atoms with Crippen LogP contribution in [0.25, 0.3) is 6.08 Å². The van der Waals surface area contributed by atoms with Crippen LogP contribution in [0.4, 0.5) is 15.2 Å². The molecule has 1 aromatic heterocycles. The van der Waals surface area contributed by atoms with Crippen LogP contribution in [0.5, 0.6) is 0 Å². The lowest BCUT2D eigenvalue weighted by Gasteiger charge is -2.21. The van der Waals surface area contributed by atoms with Crippen molar-refractivity contribution < 1.29 is 14.0 Å². The maximum Gasteiger partial charge on any atom is 0.244 e. The number of thiazole rings is 1. The molecule has 1 heterocycles. The highest BCUT2D eigenvalue weighted by atomic mass is 32.1. The summed E-state index contributed by atoms with van der Waals surface area (Å²) in [7, 11) is 0. The maximum atomic E-state index is 14.1. The number of para-hydroxylation sites is 1. The summed E-state index contributed by atoms with van der Waals surface area (Å²) in [5.41, 5.74) is 0.710. The zero-order valence-corrected chi connectivity index (χ0v) is 16.0. The molecule has 7 heteroatoms. The van der Waals surface area contributed by atoms with Crippen molar-refractivity contribution in [3.63, 3.8) is 0 Å². The fourth-order valence-electron chi connectivity index (χ4n) is 3.15. The quantitative estimate of drug-likeness (QED) is 0.772. The van der Waals surface area contributed by atoms with Crippen LogP contribution in [-0.4, -0.2) is 22.8 Å². The Labute approximate surface area is 161 Å². The van der Waals surface area contributed by atoms with Gasteiger partial charge in [0.15, 0.2) is 5.13 Å². The number of rotatable bonds is 5. The van der Waals surface area contributed by atoms with E-state index < -0.39 is 5.82 Å². The van der Waals surface area contributed by atoms with Gasteiger partial charge >= 0.3 is 0 Å². The number of carbonyl (C=O) groups excluding carboxylic acids is 2. The fourth-order valence-corrected chi connectivity index (χ4v) is 4.00. The Morgan fingerprint density at radius 1 is 1.26 bits per heavy atom. The maximum absolute atomic E-state index is 14.1. The first-order valence-corrected chi connectivity index (χ1v) is 9.92. The summed E-state index contributed by atoms with van der Waals surface area (Å²) in [6, 6.07) is 6.31. The van der Waals surface area contributed by atoms with Gasteiger partial charge in [0.05, 0.1) is 11.4 Å². The summed E-state index contributed by atoms with van der Waals surface area (Å²) in [6.07, 6.45) is 8.65. The van der Waals surface area contributed by atoms with Crippen molar-refractivity contribution in [2.75, 3.05) is 4.90 Å². The van der Waals surface area contributed by atoms with E-state index in [1.807, 2.05) is 0 Å². The van der Waals surface area contributed by atoms with Crippen LogP contribution in [0, 0.1) is 5.82 Å². The number of benzene rings is 1. The van der Waals surface area contributed by atoms with Crippen LogP contribution in [0.1, 0.15) is 44.7 Å². The molecule has 142 valence electrons. The smallest absolute Gasteiger partial charge is 0.244 e. The molecule has 27 heavy (non-hydrogen) atoms. The number of carbonyl (C=O) groups is 2. The second kappa shape index (κ2) is 8.90. The first-order chi connectivity index (χ1) is 13.0. The Morgan fingerprint density at radius 3 is 2.70 bits per heavy atom. The molecule has 1 fully saturated rings. The molecular weight excluding hydrogens is 365 g/mol. The van der Waals surface area contributed by atoms with E-state index in [2.05, 4.69) is 10.3 Å². The molecule has 2 aromatic rings. The van der Waals surface area contributed by atoms with E-state index in [0.717, 1.165) is 25.7 Å². The van der Waals surface area contributed by atoms with E-state index >= 15 is 0 Å². The van der Waals surface area contributed by atoms with Crippen LogP contribution >= 0.6 is 11.3 Å². The van der Waals surface area contributed by atoms with Crippen molar-refractivity contribution in [3.05, 3.63) is 47.2 Å². The molecule has 5 nitrogen and oxygen atoms in total. The summed E-state index contributed by atoms with van der Waals surface area (Å²) in [5, 5.41) is 5.10. The predicted octanol–water partition coefficient (Wildman–Crippen LogP) is 4.43. The molecule has 3 rings (SSSR count).